The largest absolute Gasteiger partial charge is 0.307 e. The monoisotopic (exact) mass is 303 g/mol. The van der Waals surface area contributed by atoms with E-state index in [0.29, 0.717) is 12.1 Å². The molecule has 0 amide bonds. The van der Waals surface area contributed by atoms with Gasteiger partial charge in [0.25, 0.3) is 0 Å². The molecule has 21 heavy (non-hydrogen) atoms. The zero-order valence-electron chi connectivity index (χ0n) is 13.6. The summed E-state index contributed by atoms with van der Waals surface area (Å²) < 4.78 is 0. The summed E-state index contributed by atoms with van der Waals surface area (Å²) in [5.74, 6) is 3.78. The summed E-state index contributed by atoms with van der Waals surface area (Å²) in [6.07, 6.45) is 5.45. The van der Waals surface area contributed by atoms with Crippen molar-refractivity contribution in [1.29, 1.82) is 0 Å². The van der Waals surface area contributed by atoms with Crippen LogP contribution in [0.3, 0.4) is 0 Å². The molecule has 2 aliphatic rings. The standard InChI is InChI=1S/C19H29NS/c1-13(2)15-9-8-14(3)12-18(15)20-17-10-11-21-19-7-5-4-6-16(17)19/h4-7,13-15,17-18,20H,8-12H2,1-3H3. The maximum Gasteiger partial charge on any atom is 0.0341 e. The topological polar surface area (TPSA) is 12.0 Å². The number of nitrogens with one attached hydrogen (secondary N) is 1. The Bertz CT molecular complexity index is 470. The second-order valence-electron chi connectivity index (χ2n) is 7.33. The molecule has 0 spiro atoms. The first kappa shape index (κ1) is 15.4. The SMILES string of the molecule is CC1CCC(C(C)C)C(NC2CCSc3ccccc32)C1. The molecule has 1 saturated carbocycles. The van der Waals surface area contributed by atoms with Gasteiger partial charge in [-0.2, -0.15) is 0 Å². The van der Waals surface area contributed by atoms with E-state index in [4.69, 9.17) is 0 Å². The van der Waals surface area contributed by atoms with Crippen molar-refractivity contribution >= 4 is 11.8 Å². The molecule has 1 aliphatic heterocycles. The van der Waals surface area contributed by atoms with E-state index >= 15 is 0 Å². The van der Waals surface area contributed by atoms with Crippen molar-refractivity contribution in [3.05, 3.63) is 29.8 Å². The predicted molar refractivity (Wildman–Crippen MR) is 92.8 cm³/mol. The van der Waals surface area contributed by atoms with Crippen LogP contribution < -0.4 is 5.32 Å². The highest BCUT2D eigenvalue weighted by molar-refractivity contribution is 7.99. The number of benzene rings is 1. The summed E-state index contributed by atoms with van der Waals surface area (Å²) in [6, 6.07) is 10.3. The van der Waals surface area contributed by atoms with Gasteiger partial charge in [0.1, 0.15) is 0 Å². The summed E-state index contributed by atoms with van der Waals surface area (Å²) in [4.78, 5) is 1.49. The van der Waals surface area contributed by atoms with Crippen molar-refractivity contribution < 1.29 is 0 Å². The Morgan fingerprint density at radius 2 is 1.95 bits per heavy atom. The van der Waals surface area contributed by atoms with Gasteiger partial charge in [-0.25, -0.2) is 0 Å². The summed E-state index contributed by atoms with van der Waals surface area (Å²) in [6.45, 7) is 7.23. The fourth-order valence-electron chi connectivity index (χ4n) is 4.17. The summed E-state index contributed by atoms with van der Waals surface area (Å²) in [5.41, 5.74) is 1.54. The average molecular weight is 304 g/mol. The minimum Gasteiger partial charge on any atom is -0.307 e. The van der Waals surface area contributed by atoms with Crippen molar-refractivity contribution in [1.82, 2.24) is 5.32 Å². The normalized spacial score (nSPS) is 33.0. The molecule has 3 rings (SSSR count). The molecule has 2 heteroatoms. The van der Waals surface area contributed by atoms with Gasteiger partial charge in [0, 0.05) is 17.0 Å². The van der Waals surface area contributed by atoms with E-state index in [9.17, 15) is 0 Å². The van der Waals surface area contributed by atoms with Crippen LogP contribution in [-0.4, -0.2) is 11.8 Å². The molecule has 1 aliphatic carbocycles. The third-order valence-corrected chi connectivity index (χ3v) is 6.52. The van der Waals surface area contributed by atoms with Gasteiger partial charge >= 0.3 is 0 Å². The zero-order valence-corrected chi connectivity index (χ0v) is 14.5. The summed E-state index contributed by atoms with van der Waals surface area (Å²) in [7, 11) is 0. The lowest BCUT2D eigenvalue weighted by molar-refractivity contribution is 0.157. The van der Waals surface area contributed by atoms with Crippen molar-refractivity contribution in [2.24, 2.45) is 17.8 Å². The van der Waals surface area contributed by atoms with Crippen LogP contribution >= 0.6 is 11.8 Å². The lowest BCUT2D eigenvalue weighted by atomic mass is 9.73. The highest BCUT2D eigenvalue weighted by Crippen LogP contribution is 2.39. The van der Waals surface area contributed by atoms with Crippen LogP contribution in [-0.2, 0) is 0 Å². The zero-order chi connectivity index (χ0) is 14.8. The van der Waals surface area contributed by atoms with Crippen LogP contribution in [0.5, 0.6) is 0 Å². The molecule has 4 unspecified atom stereocenters. The summed E-state index contributed by atoms with van der Waals surface area (Å²) in [5, 5.41) is 4.06. The van der Waals surface area contributed by atoms with Gasteiger partial charge in [-0.3, -0.25) is 0 Å². The first-order valence-electron chi connectivity index (χ1n) is 8.63. The Morgan fingerprint density at radius 3 is 2.76 bits per heavy atom. The minimum absolute atomic E-state index is 0.569. The third kappa shape index (κ3) is 3.48. The number of thioether (sulfide) groups is 1. The number of hydrogen-bond donors (Lipinski definition) is 1. The fourth-order valence-corrected chi connectivity index (χ4v) is 5.29. The molecule has 1 aromatic carbocycles. The van der Waals surface area contributed by atoms with Gasteiger partial charge in [-0.05, 0) is 54.4 Å². The Balaban J connectivity index is 1.76. The van der Waals surface area contributed by atoms with E-state index < -0.39 is 0 Å². The molecular formula is C19H29NS. The maximum absolute atomic E-state index is 4.06. The van der Waals surface area contributed by atoms with E-state index in [1.54, 1.807) is 0 Å². The van der Waals surface area contributed by atoms with Crippen LogP contribution in [0.2, 0.25) is 0 Å². The Hall–Kier alpha value is -0.470. The molecule has 116 valence electrons. The fraction of sp³-hybridized carbons (Fsp3) is 0.684. The lowest BCUT2D eigenvalue weighted by Gasteiger charge is -2.41. The van der Waals surface area contributed by atoms with Crippen LogP contribution in [0.1, 0.15) is 58.1 Å². The minimum atomic E-state index is 0.569. The second kappa shape index (κ2) is 6.75. The molecular weight excluding hydrogens is 274 g/mol. The van der Waals surface area contributed by atoms with Gasteiger partial charge in [0.05, 0.1) is 0 Å². The van der Waals surface area contributed by atoms with Crippen molar-refractivity contribution in [2.45, 2.75) is 63.4 Å². The van der Waals surface area contributed by atoms with E-state index in [-0.39, 0.29) is 0 Å². The van der Waals surface area contributed by atoms with E-state index in [2.05, 4.69) is 50.4 Å². The van der Waals surface area contributed by atoms with Crippen molar-refractivity contribution in [3.8, 4) is 0 Å². The van der Waals surface area contributed by atoms with Crippen LogP contribution in [0.4, 0.5) is 0 Å². The van der Waals surface area contributed by atoms with Crippen molar-refractivity contribution in [3.63, 3.8) is 0 Å². The van der Waals surface area contributed by atoms with Gasteiger partial charge in [-0.1, -0.05) is 45.4 Å². The molecule has 4 atom stereocenters. The van der Waals surface area contributed by atoms with Gasteiger partial charge < -0.3 is 5.32 Å². The smallest absolute Gasteiger partial charge is 0.0341 e. The number of fused-ring (bicyclic) bond motifs is 1. The molecule has 1 N–H and O–H groups in total. The van der Waals surface area contributed by atoms with Crippen LogP contribution in [0.25, 0.3) is 0 Å². The van der Waals surface area contributed by atoms with Gasteiger partial charge in [0.15, 0.2) is 0 Å². The molecule has 0 radical (unpaired) electrons. The van der Waals surface area contributed by atoms with Crippen LogP contribution in [0, 0.1) is 17.8 Å². The molecule has 0 saturated heterocycles. The number of rotatable bonds is 3. The quantitative estimate of drug-likeness (QED) is 0.816. The second-order valence-corrected chi connectivity index (χ2v) is 8.46. The summed E-state index contributed by atoms with van der Waals surface area (Å²) >= 11 is 2.02. The first-order chi connectivity index (χ1) is 10.1. The highest BCUT2D eigenvalue weighted by Gasteiger charge is 2.33. The van der Waals surface area contributed by atoms with Crippen LogP contribution in [0.15, 0.2) is 29.2 Å². The number of hydrogen-bond acceptors (Lipinski definition) is 2. The Labute approximate surface area is 134 Å². The Morgan fingerprint density at radius 1 is 1.14 bits per heavy atom. The van der Waals surface area contributed by atoms with E-state index in [0.717, 1.165) is 17.8 Å². The Kier molecular flexibility index (Phi) is 4.96. The average Bonchev–Trinajstić information content (AvgIpc) is 2.47. The van der Waals surface area contributed by atoms with E-state index in [1.807, 2.05) is 11.8 Å². The molecule has 1 nitrogen and oxygen atoms in total. The molecule has 1 heterocycles. The lowest BCUT2D eigenvalue weighted by Crippen LogP contribution is -2.45. The predicted octanol–water partition coefficient (Wildman–Crippen LogP) is 5.27. The first-order valence-corrected chi connectivity index (χ1v) is 9.61. The maximum atomic E-state index is 4.06. The molecule has 1 fully saturated rings. The van der Waals surface area contributed by atoms with Crippen molar-refractivity contribution in [2.75, 3.05) is 5.75 Å². The molecule has 0 bridgehead atoms. The van der Waals surface area contributed by atoms with E-state index in [1.165, 1.54) is 41.9 Å². The highest BCUT2D eigenvalue weighted by atomic mass is 32.2. The van der Waals surface area contributed by atoms with Gasteiger partial charge in [-0.15, -0.1) is 11.8 Å². The third-order valence-electron chi connectivity index (χ3n) is 5.40. The molecule has 1 aromatic rings. The molecule has 0 aromatic heterocycles. The van der Waals surface area contributed by atoms with Gasteiger partial charge in [0.2, 0.25) is 0 Å².